The zero-order valence-corrected chi connectivity index (χ0v) is 17.4. The molecule has 0 saturated heterocycles. The van der Waals surface area contributed by atoms with Crippen LogP contribution in [0.15, 0.2) is 94.7 Å². The molecule has 0 aliphatic rings. The SMILES string of the molecule is Nc1ccc(Oc2ccc(Sc3ccc(Oc4ccc(N)cc4N)cc3)cc2)c(N)c1. The van der Waals surface area contributed by atoms with E-state index in [4.69, 9.17) is 32.4 Å². The fourth-order valence-corrected chi connectivity index (χ4v) is 3.68. The predicted molar refractivity (Wildman–Crippen MR) is 128 cm³/mol. The molecule has 4 rings (SSSR count). The van der Waals surface area contributed by atoms with Gasteiger partial charge in [-0.25, -0.2) is 0 Å². The minimum atomic E-state index is 0.501. The van der Waals surface area contributed by atoms with E-state index in [0.29, 0.717) is 45.7 Å². The standard InChI is InChI=1S/C24H22N4O2S/c25-15-1-11-23(21(27)13-15)29-17-3-7-19(8-4-17)31-20-9-5-18(6-10-20)30-24-12-2-16(26)14-22(24)28/h1-14H,25-28H2. The summed E-state index contributed by atoms with van der Waals surface area (Å²) in [6, 6.07) is 26.0. The monoisotopic (exact) mass is 430 g/mol. The highest BCUT2D eigenvalue weighted by Crippen LogP contribution is 2.34. The quantitative estimate of drug-likeness (QED) is 0.287. The molecule has 0 fully saturated rings. The van der Waals surface area contributed by atoms with E-state index in [0.717, 1.165) is 9.79 Å². The van der Waals surface area contributed by atoms with Crippen LogP contribution in [-0.2, 0) is 0 Å². The molecule has 156 valence electrons. The van der Waals surface area contributed by atoms with Gasteiger partial charge in [-0.05, 0) is 84.9 Å². The summed E-state index contributed by atoms with van der Waals surface area (Å²) < 4.78 is 11.7. The molecule has 0 unspecified atom stereocenters. The first kappa shape index (κ1) is 20.3. The first-order chi connectivity index (χ1) is 15.0. The third kappa shape index (κ3) is 5.15. The minimum absolute atomic E-state index is 0.501. The van der Waals surface area contributed by atoms with Crippen LogP contribution in [0.1, 0.15) is 0 Å². The van der Waals surface area contributed by atoms with Gasteiger partial charge in [0.1, 0.15) is 23.0 Å². The van der Waals surface area contributed by atoms with Crippen molar-refractivity contribution in [2.75, 3.05) is 22.9 Å². The number of anilines is 4. The molecule has 0 aliphatic carbocycles. The van der Waals surface area contributed by atoms with Gasteiger partial charge in [0.05, 0.1) is 11.4 Å². The van der Waals surface area contributed by atoms with Crippen LogP contribution in [-0.4, -0.2) is 0 Å². The molecule has 4 aromatic carbocycles. The van der Waals surface area contributed by atoms with Crippen LogP contribution >= 0.6 is 11.8 Å². The molecular weight excluding hydrogens is 408 g/mol. The van der Waals surface area contributed by atoms with E-state index in [2.05, 4.69) is 0 Å². The average Bonchev–Trinajstić information content (AvgIpc) is 2.75. The summed E-state index contributed by atoms with van der Waals surface area (Å²) in [4.78, 5) is 2.16. The summed E-state index contributed by atoms with van der Waals surface area (Å²) in [7, 11) is 0. The van der Waals surface area contributed by atoms with Crippen LogP contribution in [0.3, 0.4) is 0 Å². The van der Waals surface area contributed by atoms with Crippen molar-refractivity contribution in [3.8, 4) is 23.0 Å². The molecule has 0 amide bonds. The maximum absolute atomic E-state index is 5.95. The smallest absolute Gasteiger partial charge is 0.150 e. The Labute approximate surface area is 184 Å². The lowest BCUT2D eigenvalue weighted by Gasteiger charge is -2.10. The maximum atomic E-state index is 5.95. The summed E-state index contributed by atoms with van der Waals surface area (Å²) in [6.45, 7) is 0. The van der Waals surface area contributed by atoms with Crippen LogP contribution < -0.4 is 32.4 Å². The van der Waals surface area contributed by atoms with Crippen molar-refractivity contribution < 1.29 is 9.47 Å². The van der Waals surface area contributed by atoms with Crippen molar-refractivity contribution in [3.63, 3.8) is 0 Å². The summed E-state index contributed by atoms with van der Waals surface area (Å²) in [5.41, 5.74) is 25.5. The van der Waals surface area contributed by atoms with Crippen molar-refractivity contribution in [1.82, 2.24) is 0 Å². The number of hydrogen-bond donors (Lipinski definition) is 4. The Morgan fingerprint density at radius 2 is 0.871 bits per heavy atom. The van der Waals surface area contributed by atoms with Crippen molar-refractivity contribution >= 4 is 34.5 Å². The van der Waals surface area contributed by atoms with E-state index in [1.807, 2.05) is 48.5 Å². The van der Waals surface area contributed by atoms with Crippen molar-refractivity contribution in [1.29, 1.82) is 0 Å². The van der Waals surface area contributed by atoms with Crippen molar-refractivity contribution in [2.24, 2.45) is 0 Å². The van der Waals surface area contributed by atoms with Gasteiger partial charge in [-0.3, -0.25) is 0 Å². The van der Waals surface area contributed by atoms with E-state index in [1.54, 1.807) is 48.2 Å². The van der Waals surface area contributed by atoms with Crippen LogP contribution in [0.25, 0.3) is 0 Å². The maximum Gasteiger partial charge on any atom is 0.150 e. The van der Waals surface area contributed by atoms with Gasteiger partial charge in [0, 0.05) is 21.2 Å². The van der Waals surface area contributed by atoms with Gasteiger partial charge >= 0.3 is 0 Å². The molecule has 8 N–H and O–H groups in total. The largest absolute Gasteiger partial charge is 0.455 e. The Kier molecular flexibility index (Phi) is 5.77. The Hall–Kier alpha value is -3.97. The number of nitrogen functional groups attached to an aromatic ring is 4. The Morgan fingerprint density at radius 3 is 1.23 bits per heavy atom. The van der Waals surface area contributed by atoms with Gasteiger partial charge in [0.15, 0.2) is 0 Å². The Morgan fingerprint density at radius 1 is 0.484 bits per heavy atom. The molecule has 0 heterocycles. The van der Waals surface area contributed by atoms with Crippen molar-refractivity contribution in [3.05, 3.63) is 84.9 Å². The van der Waals surface area contributed by atoms with E-state index < -0.39 is 0 Å². The van der Waals surface area contributed by atoms with Gasteiger partial charge in [-0.2, -0.15) is 0 Å². The number of rotatable bonds is 6. The third-order valence-electron chi connectivity index (χ3n) is 4.41. The van der Waals surface area contributed by atoms with Crippen LogP contribution in [0.4, 0.5) is 22.7 Å². The number of benzene rings is 4. The van der Waals surface area contributed by atoms with E-state index in [-0.39, 0.29) is 0 Å². The second kappa shape index (κ2) is 8.81. The van der Waals surface area contributed by atoms with Gasteiger partial charge < -0.3 is 32.4 Å². The summed E-state index contributed by atoms with van der Waals surface area (Å²) in [6.07, 6.45) is 0. The Balaban J connectivity index is 1.39. The molecule has 0 saturated carbocycles. The zero-order chi connectivity index (χ0) is 21.8. The zero-order valence-electron chi connectivity index (χ0n) is 16.6. The van der Waals surface area contributed by atoms with Crippen LogP contribution in [0.2, 0.25) is 0 Å². The highest BCUT2D eigenvalue weighted by Gasteiger charge is 2.06. The van der Waals surface area contributed by atoms with Crippen molar-refractivity contribution in [2.45, 2.75) is 9.79 Å². The normalized spacial score (nSPS) is 10.6. The van der Waals surface area contributed by atoms with Gasteiger partial charge in [-0.1, -0.05) is 11.8 Å². The summed E-state index contributed by atoms with van der Waals surface area (Å²) >= 11 is 1.63. The topological polar surface area (TPSA) is 123 Å². The van der Waals surface area contributed by atoms with Gasteiger partial charge in [0.25, 0.3) is 0 Å². The predicted octanol–water partition coefficient (Wildman–Crippen LogP) is 5.75. The molecule has 31 heavy (non-hydrogen) atoms. The Bertz CT molecular complexity index is 1100. The van der Waals surface area contributed by atoms with E-state index in [9.17, 15) is 0 Å². The van der Waals surface area contributed by atoms with Gasteiger partial charge in [0.2, 0.25) is 0 Å². The highest BCUT2D eigenvalue weighted by atomic mass is 32.2. The lowest BCUT2D eigenvalue weighted by molar-refractivity contribution is 0.484. The van der Waals surface area contributed by atoms with Crippen LogP contribution in [0.5, 0.6) is 23.0 Å². The third-order valence-corrected chi connectivity index (χ3v) is 5.42. The van der Waals surface area contributed by atoms with E-state index >= 15 is 0 Å². The van der Waals surface area contributed by atoms with Gasteiger partial charge in [-0.15, -0.1) is 0 Å². The number of ether oxygens (including phenoxy) is 2. The second-order valence-corrected chi connectivity index (χ2v) is 7.99. The van der Waals surface area contributed by atoms with E-state index in [1.165, 1.54) is 0 Å². The highest BCUT2D eigenvalue weighted by molar-refractivity contribution is 7.99. The molecule has 0 bridgehead atoms. The molecule has 0 radical (unpaired) electrons. The number of nitrogens with two attached hydrogens (primary N) is 4. The summed E-state index contributed by atoms with van der Waals surface area (Å²) in [5.74, 6) is 2.55. The van der Waals surface area contributed by atoms with Crippen LogP contribution in [0, 0.1) is 0 Å². The molecule has 0 aromatic heterocycles. The molecule has 6 nitrogen and oxygen atoms in total. The molecule has 4 aromatic rings. The lowest BCUT2D eigenvalue weighted by Crippen LogP contribution is -1.94. The number of hydrogen-bond acceptors (Lipinski definition) is 7. The molecule has 0 spiro atoms. The average molecular weight is 431 g/mol. The second-order valence-electron chi connectivity index (χ2n) is 6.84. The first-order valence-electron chi connectivity index (χ1n) is 9.50. The molecule has 0 aliphatic heterocycles. The first-order valence-corrected chi connectivity index (χ1v) is 10.3. The minimum Gasteiger partial charge on any atom is -0.455 e. The lowest BCUT2D eigenvalue weighted by atomic mass is 10.2. The molecule has 7 heteroatoms. The molecular formula is C24H22N4O2S. The fourth-order valence-electron chi connectivity index (χ4n) is 2.86. The molecule has 0 atom stereocenters. The summed E-state index contributed by atoms with van der Waals surface area (Å²) in [5, 5.41) is 0. The fraction of sp³-hybridized carbons (Fsp3) is 0.